The summed E-state index contributed by atoms with van der Waals surface area (Å²) in [7, 11) is 4.06. The van der Waals surface area contributed by atoms with Crippen LogP contribution in [0.2, 0.25) is 0 Å². The number of aromatic nitrogens is 4. The van der Waals surface area contributed by atoms with Gasteiger partial charge in [0.2, 0.25) is 0 Å². The number of carbonyl (C=O) groups is 1. The van der Waals surface area contributed by atoms with Crippen LogP contribution in [0.25, 0.3) is 0 Å². The van der Waals surface area contributed by atoms with Gasteiger partial charge in [0.05, 0.1) is 24.9 Å². The number of ether oxygens (including phenoxy) is 1. The molecular weight excluding hydrogens is 358 g/mol. The SMILES string of the molecule is CN1CCCN(C[C@@H]2OCCN(C(=O)c3ncc[nH]3)[C@H]2c2cnn(C)c2)CC1. The minimum Gasteiger partial charge on any atom is -0.373 e. The molecule has 1 N–H and O–H groups in total. The van der Waals surface area contributed by atoms with Gasteiger partial charge in [-0.05, 0) is 26.6 Å². The van der Waals surface area contributed by atoms with Gasteiger partial charge in [-0.15, -0.1) is 0 Å². The van der Waals surface area contributed by atoms with Gasteiger partial charge in [0.25, 0.3) is 5.91 Å². The Morgan fingerprint density at radius 1 is 1.25 bits per heavy atom. The summed E-state index contributed by atoms with van der Waals surface area (Å²) in [6.07, 6.45) is 8.15. The summed E-state index contributed by atoms with van der Waals surface area (Å²) in [5.74, 6) is 0.272. The van der Waals surface area contributed by atoms with Crippen molar-refractivity contribution in [2.24, 2.45) is 7.05 Å². The van der Waals surface area contributed by atoms with Gasteiger partial charge in [-0.25, -0.2) is 4.98 Å². The molecule has 0 radical (unpaired) electrons. The third-order valence-electron chi connectivity index (χ3n) is 5.63. The lowest BCUT2D eigenvalue weighted by molar-refractivity contribution is -0.0726. The maximum atomic E-state index is 13.1. The van der Waals surface area contributed by atoms with Gasteiger partial charge in [-0.3, -0.25) is 14.4 Å². The molecule has 152 valence electrons. The molecule has 0 unspecified atom stereocenters. The Balaban J connectivity index is 1.57. The predicted molar refractivity (Wildman–Crippen MR) is 104 cm³/mol. The topological polar surface area (TPSA) is 82.5 Å². The predicted octanol–water partition coefficient (Wildman–Crippen LogP) is 0.363. The van der Waals surface area contributed by atoms with E-state index in [0.29, 0.717) is 19.0 Å². The summed E-state index contributed by atoms with van der Waals surface area (Å²) in [5.41, 5.74) is 0.999. The van der Waals surface area contributed by atoms with Crippen molar-refractivity contribution >= 4 is 5.91 Å². The largest absolute Gasteiger partial charge is 0.373 e. The van der Waals surface area contributed by atoms with Crippen molar-refractivity contribution in [1.82, 2.24) is 34.4 Å². The van der Waals surface area contributed by atoms with Crippen LogP contribution < -0.4 is 0 Å². The van der Waals surface area contributed by atoms with Crippen LogP contribution >= 0.6 is 0 Å². The molecule has 2 fully saturated rings. The maximum absolute atomic E-state index is 13.1. The zero-order chi connectivity index (χ0) is 19.5. The molecule has 28 heavy (non-hydrogen) atoms. The standard InChI is InChI=1S/C19H29N7O2/c1-23-6-3-7-25(9-8-23)14-16-17(15-12-22-24(2)13-15)26(10-11-28-16)19(27)18-20-4-5-21-18/h4-5,12-13,16-17H,3,6-11,14H2,1-2H3,(H,20,21)/t16-,17-/m0/s1. The van der Waals surface area contributed by atoms with E-state index in [1.807, 2.05) is 24.3 Å². The number of hydrogen-bond donors (Lipinski definition) is 1. The molecule has 4 heterocycles. The number of nitrogens with zero attached hydrogens (tertiary/aromatic N) is 6. The third kappa shape index (κ3) is 4.11. The lowest BCUT2D eigenvalue weighted by atomic mass is 10.00. The number of rotatable bonds is 4. The summed E-state index contributed by atoms with van der Waals surface area (Å²) < 4.78 is 7.98. The second kappa shape index (κ2) is 8.42. The van der Waals surface area contributed by atoms with Crippen LogP contribution in [0.3, 0.4) is 0 Å². The van der Waals surface area contributed by atoms with E-state index in [4.69, 9.17) is 4.74 Å². The fourth-order valence-electron chi connectivity index (χ4n) is 4.16. The van der Waals surface area contributed by atoms with Gasteiger partial charge in [-0.2, -0.15) is 5.10 Å². The molecule has 2 atom stereocenters. The van der Waals surface area contributed by atoms with E-state index in [-0.39, 0.29) is 18.1 Å². The van der Waals surface area contributed by atoms with Crippen molar-refractivity contribution in [3.8, 4) is 0 Å². The van der Waals surface area contributed by atoms with E-state index < -0.39 is 0 Å². The highest BCUT2D eigenvalue weighted by atomic mass is 16.5. The zero-order valence-corrected chi connectivity index (χ0v) is 16.6. The van der Waals surface area contributed by atoms with E-state index in [0.717, 1.165) is 44.7 Å². The minimum atomic E-state index is -0.180. The normalized spacial score (nSPS) is 25.0. The highest BCUT2D eigenvalue weighted by Gasteiger charge is 2.39. The fraction of sp³-hybridized carbons (Fsp3) is 0.632. The molecule has 0 aliphatic carbocycles. The van der Waals surface area contributed by atoms with Gasteiger partial charge < -0.3 is 19.5 Å². The van der Waals surface area contributed by atoms with Crippen LogP contribution in [-0.4, -0.2) is 99.4 Å². The summed E-state index contributed by atoms with van der Waals surface area (Å²) in [6, 6.07) is -0.180. The molecule has 0 saturated carbocycles. The monoisotopic (exact) mass is 387 g/mol. The number of aryl methyl sites for hydroxylation is 1. The quantitative estimate of drug-likeness (QED) is 0.816. The van der Waals surface area contributed by atoms with Crippen molar-refractivity contribution < 1.29 is 9.53 Å². The number of likely N-dealkylation sites (N-methyl/N-ethyl adjacent to an activating group) is 1. The Labute approximate surface area is 165 Å². The summed E-state index contributed by atoms with van der Waals surface area (Å²) in [4.78, 5) is 26.9. The van der Waals surface area contributed by atoms with E-state index in [9.17, 15) is 4.79 Å². The molecule has 9 nitrogen and oxygen atoms in total. The van der Waals surface area contributed by atoms with Crippen molar-refractivity contribution in [3.63, 3.8) is 0 Å². The number of morpholine rings is 1. The van der Waals surface area contributed by atoms with Crippen molar-refractivity contribution in [2.75, 3.05) is 52.9 Å². The van der Waals surface area contributed by atoms with Crippen LogP contribution in [0.15, 0.2) is 24.8 Å². The maximum Gasteiger partial charge on any atom is 0.290 e. The highest BCUT2D eigenvalue weighted by molar-refractivity contribution is 5.91. The third-order valence-corrected chi connectivity index (χ3v) is 5.63. The number of carbonyl (C=O) groups excluding carboxylic acids is 1. The average Bonchev–Trinajstić information content (AvgIpc) is 3.33. The van der Waals surface area contributed by atoms with Crippen molar-refractivity contribution in [3.05, 3.63) is 36.2 Å². The smallest absolute Gasteiger partial charge is 0.290 e. The Hall–Kier alpha value is -2.23. The zero-order valence-electron chi connectivity index (χ0n) is 16.6. The van der Waals surface area contributed by atoms with E-state index in [1.165, 1.54) is 0 Å². The number of aromatic amines is 1. The van der Waals surface area contributed by atoms with E-state index in [1.54, 1.807) is 17.1 Å². The number of hydrogen-bond acceptors (Lipinski definition) is 6. The molecule has 2 saturated heterocycles. The second-order valence-corrected chi connectivity index (χ2v) is 7.70. The first-order valence-electron chi connectivity index (χ1n) is 9.93. The van der Waals surface area contributed by atoms with E-state index in [2.05, 4.69) is 31.9 Å². The summed E-state index contributed by atoms with van der Waals surface area (Å²) >= 11 is 0. The summed E-state index contributed by atoms with van der Waals surface area (Å²) in [5, 5.41) is 4.33. The molecule has 9 heteroatoms. The van der Waals surface area contributed by atoms with Crippen molar-refractivity contribution in [2.45, 2.75) is 18.6 Å². The molecule has 0 bridgehead atoms. The fourth-order valence-corrected chi connectivity index (χ4v) is 4.16. The first-order valence-corrected chi connectivity index (χ1v) is 9.93. The van der Waals surface area contributed by atoms with Gasteiger partial charge >= 0.3 is 0 Å². The van der Waals surface area contributed by atoms with Crippen molar-refractivity contribution in [1.29, 1.82) is 0 Å². The average molecular weight is 387 g/mol. The summed E-state index contributed by atoms with van der Waals surface area (Å²) in [6.45, 7) is 6.12. The van der Waals surface area contributed by atoms with E-state index >= 15 is 0 Å². The minimum absolute atomic E-state index is 0.0947. The van der Waals surface area contributed by atoms with Crippen LogP contribution in [0.1, 0.15) is 28.6 Å². The Morgan fingerprint density at radius 3 is 2.89 bits per heavy atom. The molecule has 2 aliphatic rings. The van der Waals surface area contributed by atoms with Crippen LogP contribution in [0.5, 0.6) is 0 Å². The van der Waals surface area contributed by atoms with Gasteiger partial charge in [0.1, 0.15) is 0 Å². The number of amides is 1. The molecule has 2 aromatic rings. The Morgan fingerprint density at radius 2 is 2.14 bits per heavy atom. The first kappa shape index (κ1) is 19.1. The lowest BCUT2D eigenvalue weighted by Crippen LogP contribution is -2.52. The van der Waals surface area contributed by atoms with Crippen LogP contribution in [0.4, 0.5) is 0 Å². The molecule has 4 rings (SSSR count). The first-order chi connectivity index (χ1) is 13.6. The molecular formula is C19H29N7O2. The molecule has 0 spiro atoms. The lowest BCUT2D eigenvalue weighted by Gasteiger charge is -2.42. The van der Waals surface area contributed by atoms with Crippen LogP contribution in [-0.2, 0) is 11.8 Å². The van der Waals surface area contributed by atoms with Crippen LogP contribution in [0, 0.1) is 0 Å². The Bertz CT molecular complexity index is 775. The molecule has 0 aromatic carbocycles. The molecule has 1 amide bonds. The number of H-pyrrole nitrogens is 1. The highest BCUT2D eigenvalue weighted by Crippen LogP contribution is 2.31. The van der Waals surface area contributed by atoms with Gasteiger partial charge in [0.15, 0.2) is 5.82 Å². The molecule has 2 aliphatic heterocycles. The van der Waals surface area contributed by atoms with Gasteiger partial charge in [0, 0.05) is 57.4 Å². The number of nitrogens with one attached hydrogen (secondary N) is 1. The van der Waals surface area contributed by atoms with Gasteiger partial charge in [-0.1, -0.05) is 0 Å². The Kier molecular flexibility index (Phi) is 5.74. The second-order valence-electron chi connectivity index (χ2n) is 7.70. The molecule has 2 aromatic heterocycles. The number of imidazole rings is 1.